The molecule has 0 aromatic rings. The summed E-state index contributed by atoms with van der Waals surface area (Å²) in [6.45, 7) is 15.4. The Hall–Kier alpha value is -1.67. The van der Waals surface area contributed by atoms with Gasteiger partial charge in [-0.2, -0.15) is 0 Å². The Morgan fingerprint density at radius 3 is 1.24 bits per heavy atom. The lowest BCUT2D eigenvalue weighted by Crippen LogP contribution is -2.53. The van der Waals surface area contributed by atoms with Gasteiger partial charge in [-0.3, -0.25) is 9.59 Å². The minimum Gasteiger partial charge on any atom is -0.464 e. The van der Waals surface area contributed by atoms with Crippen molar-refractivity contribution in [2.75, 3.05) is 19.8 Å². The number of esters is 2. The number of unbranched alkanes of at least 4 members (excludes halogenated alkanes) is 29. The second-order valence-corrected chi connectivity index (χ2v) is 19.4. The molecule has 0 heterocycles. The fourth-order valence-corrected chi connectivity index (χ4v) is 7.74. The predicted octanol–water partition coefficient (Wildman–Crippen LogP) is 14.1. The van der Waals surface area contributed by atoms with Gasteiger partial charge in [0.05, 0.1) is 23.2 Å². The first-order chi connectivity index (χ1) is 28.2. The Labute approximate surface area is 365 Å². The van der Waals surface area contributed by atoms with E-state index in [1.54, 1.807) is 13.8 Å². The van der Waals surface area contributed by atoms with Gasteiger partial charge in [-0.25, -0.2) is 4.79 Å². The van der Waals surface area contributed by atoms with Gasteiger partial charge in [0, 0.05) is 13.0 Å². The zero-order chi connectivity index (χ0) is 44.1. The van der Waals surface area contributed by atoms with E-state index in [1.807, 2.05) is 27.7 Å². The quantitative estimate of drug-likeness (QED) is 0.0465. The number of hydrogen-bond acceptors (Lipinski definition) is 7. The fourth-order valence-electron chi connectivity index (χ4n) is 7.74. The van der Waals surface area contributed by atoms with E-state index in [0.717, 1.165) is 38.5 Å². The third kappa shape index (κ3) is 31.8. The van der Waals surface area contributed by atoms with Crippen molar-refractivity contribution >= 4 is 17.8 Å². The van der Waals surface area contributed by atoms with E-state index in [9.17, 15) is 19.5 Å². The van der Waals surface area contributed by atoms with Gasteiger partial charge < -0.3 is 24.6 Å². The second-order valence-electron chi connectivity index (χ2n) is 19.4. The molecule has 0 saturated carbocycles. The smallest absolute Gasteiger partial charge is 0.332 e. The summed E-state index contributed by atoms with van der Waals surface area (Å²) in [6.07, 6.45) is 39.9. The molecular formula is C51H99NO7. The molecule has 0 rings (SSSR count). The van der Waals surface area contributed by atoms with Crippen LogP contribution in [0.4, 0.5) is 0 Å². The van der Waals surface area contributed by atoms with Crippen molar-refractivity contribution in [3.8, 4) is 0 Å². The Bertz CT molecular complexity index is 1010. The van der Waals surface area contributed by atoms with E-state index in [4.69, 9.17) is 14.2 Å². The lowest BCUT2D eigenvalue weighted by Gasteiger charge is -2.44. The van der Waals surface area contributed by atoms with E-state index in [2.05, 4.69) is 19.2 Å². The van der Waals surface area contributed by atoms with Crippen LogP contribution in [-0.2, 0) is 28.6 Å². The van der Waals surface area contributed by atoms with Crippen molar-refractivity contribution in [3.63, 3.8) is 0 Å². The molecule has 0 fully saturated rings. The van der Waals surface area contributed by atoms with Crippen LogP contribution in [0.25, 0.3) is 0 Å². The Morgan fingerprint density at radius 2 is 0.864 bits per heavy atom. The lowest BCUT2D eigenvalue weighted by atomic mass is 9.76. The summed E-state index contributed by atoms with van der Waals surface area (Å²) in [5.74, 6) is -1.33. The number of ether oxygens (including phenoxy) is 3. The third-order valence-corrected chi connectivity index (χ3v) is 12.5. The van der Waals surface area contributed by atoms with E-state index in [-0.39, 0.29) is 25.7 Å². The van der Waals surface area contributed by atoms with Crippen molar-refractivity contribution in [3.05, 3.63) is 0 Å². The van der Waals surface area contributed by atoms with Crippen LogP contribution < -0.4 is 5.32 Å². The average Bonchev–Trinajstić information content (AvgIpc) is 3.18. The largest absolute Gasteiger partial charge is 0.464 e. The normalized spacial score (nSPS) is 12.8. The lowest BCUT2D eigenvalue weighted by molar-refractivity contribution is -0.200. The van der Waals surface area contributed by atoms with Crippen LogP contribution in [0.2, 0.25) is 0 Å². The molecule has 0 aromatic heterocycles. The molecule has 0 saturated heterocycles. The van der Waals surface area contributed by atoms with Gasteiger partial charge in [-0.05, 0) is 60.8 Å². The van der Waals surface area contributed by atoms with Crippen LogP contribution in [-0.4, -0.2) is 60.0 Å². The summed E-state index contributed by atoms with van der Waals surface area (Å²) in [7, 11) is 0. The Kier molecular flexibility index (Phi) is 35.9. The maximum absolute atomic E-state index is 13.5. The molecule has 0 aromatic carbocycles. The average molecular weight is 838 g/mol. The highest BCUT2D eigenvalue weighted by Crippen LogP contribution is 2.39. The number of carbonyl (C=O) groups excluding carboxylic acids is 3. The summed E-state index contributed by atoms with van der Waals surface area (Å²) >= 11 is 0. The molecule has 8 heteroatoms. The zero-order valence-corrected chi connectivity index (χ0v) is 40.4. The molecule has 59 heavy (non-hydrogen) atoms. The molecule has 8 nitrogen and oxygen atoms in total. The first-order valence-corrected chi connectivity index (χ1v) is 25.2. The number of carbonyl (C=O) groups is 3. The summed E-state index contributed by atoms with van der Waals surface area (Å²) < 4.78 is 17.7. The molecule has 350 valence electrons. The zero-order valence-electron chi connectivity index (χ0n) is 40.4. The molecule has 0 bridgehead atoms. The minimum atomic E-state index is -1.08. The van der Waals surface area contributed by atoms with Crippen LogP contribution in [0, 0.1) is 5.41 Å². The molecule has 1 amide bonds. The molecule has 0 radical (unpaired) electrons. The van der Waals surface area contributed by atoms with Gasteiger partial charge in [0.1, 0.15) is 6.61 Å². The van der Waals surface area contributed by atoms with E-state index in [0.29, 0.717) is 12.8 Å². The summed E-state index contributed by atoms with van der Waals surface area (Å²) in [5.41, 5.74) is -2.68. The van der Waals surface area contributed by atoms with Crippen molar-refractivity contribution in [2.24, 2.45) is 5.41 Å². The molecule has 0 aliphatic heterocycles. The number of rotatable bonds is 43. The van der Waals surface area contributed by atoms with E-state index in [1.165, 1.54) is 161 Å². The highest BCUT2D eigenvalue weighted by Gasteiger charge is 2.48. The third-order valence-electron chi connectivity index (χ3n) is 12.5. The van der Waals surface area contributed by atoms with Gasteiger partial charge in [-0.15, -0.1) is 0 Å². The van der Waals surface area contributed by atoms with Gasteiger partial charge in [-0.1, -0.05) is 200 Å². The number of amides is 1. The van der Waals surface area contributed by atoms with Gasteiger partial charge >= 0.3 is 11.9 Å². The number of aliphatic hydroxyl groups excluding tert-OH is 1. The van der Waals surface area contributed by atoms with Gasteiger partial charge in [0.15, 0.2) is 6.04 Å². The number of aliphatic hydroxyl groups is 1. The van der Waals surface area contributed by atoms with Crippen molar-refractivity contribution < 1.29 is 33.7 Å². The Balaban J connectivity index is 4.71. The number of nitrogens with one attached hydrogen (secondary N) is 1. The molecule has 0 aliphatic carbocycles. The van der Waals surface area contributed by atoms with Crippen LogP contribution in [0.5, 0.6) is 0 Å². The highest BCUT2D eigenvalue weighted by atomic mass is 16.6. The van der Waals surface area contributed by atoms with Crippen molar-refractivity contribution in [2.45, 2.75) is 285 Å². The van der Waals surface area contributed by atoms with Crippen molar-refractivity contribution in [1.29, 1.82) is 0 Å². The number of hydrogen-bond donors (Lipinski definition) is 2. The highest BCUT2D eigenvalue weighted by molar-refractivity contribution is 5.85. The maximum atomic E-state index is 13.5. The predicted molar refractivity (Wildman–Crippen MR) is 248 cm³/mol. The summed E-state index contributed by atoms with van der Waals surface area (Å²) in [4.78, 5) is 39.8. The van der Waals surface area contributed by atoms with E-state index >= 15 is 0 Å². The van der Waals surface area contributed by atoms with Crippen molar-refractivity contribution in [1.82, 2.24) is 5.32 Å². The molecule has 2 N–H and O–H groups in total. The first-order valence-electron chi connectivity index (χ1n) is 25.2. The second kappa shape index (κ2) is 36.9. The van der Waals surface area contributed by atoms with Crippen LogP contribution in [0.15, 0.2) is 0 Å². The fraction of sp³-hybridized carbons (Fsp3) is 0.941. The topological polar surface area (TPSA) is 111 Å². The first kappa shape index (κ1) is 57.3. The van der Waals surface area contributed by atoms with Gasteiger partial charge in [0.25, 0.3) is 0 Å². The van der Waals surface area contributed by atoms with Crippen LogP contribution in [0.1, 0.15) is 267 Å². The summed E-state index contributed by atoms with van der Waals surface area (Å²) in [5, 5.41) is 12.3. The monoisotopic (exact) mass is 838 g/mol. The molecular weight excluding hydrogens is 739 g/mol. The van der Waals surface area contributed by atoms with E-state index < -0.39 is 34.6 Å². The molecule has 1 unspecified atom stereocenters. The molecule has 0 aliphatic rings. The molecule has 1 atom stereocenters. The standard InChI is InChI=1S/C51H99NO7/c1-9-11-13-15-17-19-21-23-25-27-29-31-33-35-37-39-43-57-47(55)45(44-58-48(56)50(5,6)51(7,8)59-49(3,4)41-42-53)52-46(54)40-38-36-34-32-30-28-26-24-22-20-18-16-14-12-10-2/h45,53H,9-44H2,1-8H3,(H,52,54). The van der Waals surface area contributed by atoms with Crippen LogP contribution in [0.3, 0.4) is 0 Å². The summed E-state index contributed by atoms with van der Waals surface area (Å²) in [6, 6.07) is -1.07. The van der Waals surface area contributed by atoms with Gasteiger partial charge in [0.2, 0.25) is 5.91 Å². The SMILES string of the molecule is CCCCCCCCCCCCCCCCCCOC(=O)C(COC(=O)C(C)(C)C(C)(C)OC(C)(C)CCO)NC(=O)CCCCCCCCCCCCCCCCC. The maximum Gasteiger partial charge on any atom is 0.332 e. The molecule has 0 spiro atoms. The Morgan fingerprint density at radius 1 is 0.508 bits per heavy atom. The minimum absolute atomic E-state index is 0.0315. The van der Waals surface area contributed by atoms with Crippen LogP contribution >= 0.6 is 0 Å².